The average molecular weight is 348 g/mol. The van der Waals surface area contributed by atoms with Gasteiger partial charge in [-0.3, -0.25) is 0 Å². The molecule has 0 unspecified atom stereocenters. The second-order valence-corrected chi connectivity index (χ2v) is 7.49. The van der Waals surface area contributed by atoms with E-state index in [0.29, 0.717) is 30.8 Å². The van der Waals surface area contributed by atoms with Crippen LogP contribution in [0.3, 0.4) is 0 Å². The summed E-state index contributed by atoms with van der Waals surface area (Å²) in [7, 11) is 0. The van der Waals surface area contributed by atoms with E-state index in [2.05, 4.69) is 18.2 Å². The zero-order valence-corrected chi connectivity index (χ0v) is 14.4. The molecule has 2 aliphatic rings. The Labute approximate surface area is 142 Å². The molecule has 0 spiro atoms. The van der Waals surface area contributed by atoms with Gasteiger partial charge in [0.2, 0.25) is 0 Å². The topological polar surface area (TPSA) is 9.23 Å². The number of halogens is 4. The van der Waals surface area contributed by atoms with Gasteiger partial charge in [-0.15, -0.1) is 0 Å². The average Bonchev–Trinajstić information content (AvgIpc) is 2.55. The predicted octanol–water partition coefficient (Wildman–Crippen LogP) is 6.57. The summed E-state index contributed by atoms with van der Waals surface area (Å²) in [5.74, 6) is -0.566. The summed E-state index contributed by atoms with van der Waals surface area (Å²) >= 11 is 0. The van der Waals surface area contributed by atoms with Gasteiger partial charge in [-0.1, -0.05) is 26.3 Å². The molecule has 2 fully saturated rings. The summed E-state index contributed by atoms with van der Waals surface area (Å²) in [6.07, 6.45) is 4.54. The summed E-state index contributed by atoms with van der Waals surface area (Å²) in [5.41, 5.74) is 0. The van der Waals surface area contributed by atoms with E-state index in [-0.39, 0.29) is 0 Å². The molecule has 0 aliphatic heterocycles. The van der Waals surface area contributed by atoms with Crippen LogP contribution in [0.15, 0.2) is 24.2 Å². The summed E-state index contributed by atoms with van der Waals surface area (Å²) in [5, 5.41) is 0. The van der Waals surface area contributed by atoms with E-state index in [1.807, 2.05) is 0 Å². The standard InChI is InChI=1S/C19H28F4O/c1-13-3-5-15(6-4-13)16-7-9-17(10-8-16)19(22,23)24-14(2)11-18(21)12-20/h11,13,15-17H,2-10,12H2,1H3/b18-11+. The van der Waals surface area contributed by atoms with Gasteiger partial charge in [0.25, 0.3) is 0 Å². The van der Waals surface area contributed by atoms with E-state index in [1.54, 1.807) is 0 Å². The molecule has 0 N–H and O–H groups in total. The molecular formula is C19H28F4O. The highest BCUT2D eigenvalue weighted by Crippen LogP contribution is 2.45. The van der Waals surface area contributed by atoms with Crippen LogP contribution in [0.1, 0.15) is 58.3 Å². The Bertz CT molecular complexity index is 444. The predicted molar refractivity (Wildman–Crippen MR) is 86.9 cm³/mol. The number of hydrogen-bond acceptors (Lipinski definition) is 1. The number of hydrogen-bond donors (Lipinski definition) is 0. The molecule has 0 bridgehead atoms. The second kappa shape index (κ2) is 8.39. The zero-order chi connectivity index (χ0) is 17.7. The zero-order valence-electron chi connectivity index (χ0n) is 14.4. The lowest BCUT2D eigenvalue weighted by molar-refractivity contribution is -0.254. The third kappa shape index (κ3) is 5.25. The van der Waals surface area contributed by atoms with Gasteiger partial charge in [0, 0.05) is 6.08 Å². The molecule has 2 saturated carbocycles. The lowest BCUT2D eigenvalue weighted by atomic mass is 9.69. The Morgan fingerprint density at radius 2 is 1.54 bits per heavy atom. The van der Waals surface area contributed by atoms with Gasteiger partial charge in [0.05, 0.1) is 5.92 Å². The van der Waals surface area contributed by atoms with Crippen molar-refractivity contribution in [1.82, 2.24) is 0 Å². The van der Waals surface area contributed by atoms with E-state index in [9.17, 15) is 17.6 Å². The Balaban J connectivity index is 1.83. The van der Waals surface area contributed by atoms with Crippen molar-refractivity contribution in [2.75, 3.05) is 6.67 Å². The van der Waals surface area contributed by atoms with Gasteiger partial charge in [-0.2, -0.15) is 8.78 Å². The molecule has 0 radical (unpaired) electrons. The first-order valence-electron chi connectivity index (χ1n) is 8.99. The number of alkyl halides is 3. The van der Waals surface area contributed by atoms with Crippen LogP contribution in [0, 0.1) is 23.7 Å². The smallest absolute Gasteiger partial charge is 0.400 e. The van der Waals surface area contributed by atoms with Crippen LogP contribution in [0.25, 0.3) is 0 Å². The first-order valence-corrected chi connectivity index (χ1v) is 8.99. The molecule has 0 atom stereocenters. The third-order valence-electron chi connectivity index (χ3n) is 5.69. The van der Waals surface area contributed by atoms with Crippen molar-refractivity contribution in [3.8, 4) is 0 Å². The summed E-state index contributed by atoms with van der Waals surface area (Å²) in [4.78, 5) is 0. The minimum absolute atomic E-state index is 0.409. The molecule has 0 amide bonds. The van der Waals surface area contributed by atoms with Gasteiger partial charge >= 0.3 is 6.11 Å². The quantitative estimate of drug-likeness (QED) is 0.300. The lowest BCUT2D eigenvalue weighted by Gasteiger charge is -2.38. The fourth-order valence-electron chi connectivity index (χ4n) is 4.18. The Kier molecular flexibility index (Phi) is 6.76. The molecule has 0 aromatic carbocycles. The first-order chi connectivity index (χ1) is 11.3. The summed E-state index contributed by atoms with van der Waals surface area (Å²) < 4.78 is 57.8. The van der Waals surface area contributed by atoms with Crippen LogP contribution in [-0.2, 0) is 4.74 Å². The molecule has 0 aromatic rings. The van der Waals surface area contributed by atoms with Gasteiger partial charge in [-0.25, -0.2) is 8.78 Å². The minimum atomic E-state index is -3.38. The van der Waals surface area contributed by atoms with Crippen molar-refractivity contribution in [1.29, 1.82) is 0 Å². The molecule has 5 heteroatoms. The largest absolute Gasteiger partial charge is 0.433 e. The van der Waals surface area contributed by atoms with Crippen molar-refractivity contribution in [3.63, 3.8) is 0 Å². The monoisotopic (exact) mass is 348 g/mol. The van der Waals surface area contributed by atoms with E-state index in [4.69, 9.17) is 0 Å². The molecule has 0 aromatic heterocycles. The van der Waals surface area contributed by atoms with Crippen LogP contribution in [-0.4, -0.2) is 12.8 Å². The fraction of sp³-hybridized carbons (Fsp3) is 0.789. The maximum atomic E-state index is 14.2. The van der Waals surface area contributed by atoms with Crippen molar-refractivity contribution in [2.24, 2.45) is 23.7 Å². The van der Waals surface area contributed by atoms with Crippen LogP contribution in [0.5, 0.6) is 0 Å². The van der Waals surface area contributed by atoms with E-state index in [0.717, 1.165) is 18.8 Å². The van der Waals surface area contributed by atoms with Crippen LogP contribution >= 0.6 is 0 Å². The van der Waals surface area contributed by atoms with Crippen molar-refractivity contribution < 1.29 is 22.3 Å². The Morgan fingerprint density at radius 1 is 1.04 bits per heavy atom. The lowest BCUT2D eigenvalue weighted by Crippen LogP contribution is -2.35. The molecule has 0 saturated heterocycles. The third-order valence-corrected chi connectivity index (χ3v) is 5.69. The summed E-state index contributed by atoms with van der Waals surface area (Å²) in [6, 6.07) is 0. The maximum absolute atomic E-state index is 14.2. The molecule has 24 heavy (non-hydrogen) atoms. The van der Waals surface area contributed by atoms with Crippen LogP contribution in [0.2, 0.25) is 0 Å². The second-order valence-electron chi connectivity index (χ2n) is 7.49. The number of rotatable bonds is 6. The van der Waals surface area contributed by atoms with E-state index < -0.39 is 30.3 Å². The number of allylic oxidation sites excluding steroid dienone is 2. The SMILES string of the molecule is C=C(/C=C(/F)CF)OC(F)(F)C1CCC(C2CCC(C)CC2)CC1. The Morgan fingerprint density at radius 3 is 2.04 bits per heavy atom. The highest BCUT2D eigenvalue weighted by molar-refractivity contribution is 5.12. The molecular weight excluding hydrogens is 320 g/mol. The van der Waals surface area contributed by atoms with Crippen molar-refractivity contribution in [2.45, 2.75) is 64.4 Å². The number of ether oxygens (including phenoxy) is 1. The maximum Gasteiger partial charge on any atom is 0.400 e. The van der Waals surface area contributed by atoms with Crippen LogP contribution < -0.4 is 0 Å². The van der Waals surface area contributed by atoms with Gasteiger partial charge in [-0.05, 0) is 56.3 Å². The van der Waals surface area contributed by atoms with Gasteiger partial charge < -0.3 is 4.74 Å². The van der Waals surface area contributed by atoms with E-state index >= 15 is 0 Å². The minimum Gasteiger partial charge on any atom is -0.433 e. The van der Waals surface area contributed by atoms with E-state index in [1.165, 1.54) is 25.7 Å². The van der Waals surface area contributed by atoms with Crippen molar-refractivity contribution >= 4 is 0 Å². The highest BCUT2D eigenvalue weighted by atomic mass is 19.3. The molecule has 2 aliphatic carbocycles. The normalized spacial score (nSPS) is 32.5. The Hall–Kier alpha value is -1.00. The summed E-state index contributed by atoms with van der Waals surface area (Å²) in [6.45, 7) is 4.16. The van der Waals surface area contributed by atoms with Gasteiger partial charge in [0.15, 0.2) is 0 Å². The van der Waals surface area contributed by atoms with Crippen molar-refractivity contribution in [3.05, 3.63) is 24.2 Å². The molecule has 0 heterocycles. The fourth-order valence-corrected chi connectivity index (χ4v) is 4.18. The highest BCUT2D eigenvalue weighted by Gasteiger charge is 2.45. The molecule has 2 rings (SSSR count). The van der Waals surface area contributed by atoms with Gasteiger partial charge in [0.1, 0.15) is 18.3 Å². The van der Waals surface area contributed by atoms with Crippen LogP contribution in [0.4, 0.5) is 17.6 Å². The molecule has 138 valence electrons. The molecule has 1 nitrogen and oxygen atoms in total. The first kappa shape index (κ1) is 19.3.